The van der Waals surface area contributed by atoms with E-state index in [9.17, 15) is 5.26 Å². The second kappa shape index (κ2) is 9.25. The van der Waals surface area contributed by atoms with E-state index in [2.05, 4.69) is 36.5 Å². The molecule has 0 fully saturated rings. The molecule has 0 bridgehead atoms. The number of guanidine groups is 1. The topological polar surface area (TPSA) is 158 Å². The zero-order valence-electron chi connectivity index (χ0n) is 16.9. The van der Waals surface area contributed by atoms with E-state index < -0.39 is 6.04 Å². The van der Waals surface area contributed by atoms with Crippen LogP contribution in [-0.4, -0.2) is 10.9 Å². The molecule has 9 nitrogen and oxygen atoms in total. The quantitative estimate of drug-likeness (QED) is 0.294. The van der Waals surface area contributed by atoms with Crippen LogP contribution in [0.2, 0.25) is 5.02 Å². The highest BCUT2D eigenvalue weighted by Crippen LogP contribution is 2.44. The van der Waals surface area contributed by atoms with Gasteiger partial charge >= 0.3 is 0 Å². The highest BCUT2D eigenvalue weighted by molar-refractivity contribution is 9.10. The number of nitrogens with one attached hydrogen (secondary N) is 2. The van der Waals surface area contributed by atoms with Gasteiger partial charge in [-0.3, -0.25) is 5.32 Å². The number of benzene rings is 2. The molecular formula is C22H16BrClN8O. The fourth-order valence-electron chi connectivity index (χ4n) is 3.46. The van der Waals surface area contributed by atoms with Crippen LogP contribution in [0.25, 0.3) is 0 Å². The molecule has 0 radical (unpaired) electrons. The Bertz CT molecular complexity index is 1360. The van der Waals surface area contributed by atoms with E-state index >= 15 is 0 Å². The van der Waals surface area contributed by atoms with Crippen LogP contribution in [-0.2, 0) is 6.61 Å². The maximum Gasteiger partial charge on any atom is 0.211 e. The summed E-state index contributed by atoms with van der Waals surface area (Å²) in [5, 5.41) is 24.6. The normalized spacial score (nSPS) is 14.2. The molecule has 2 heterocycles. The first-order chi connectivity index (χ1) is 15.9. The number of aromatic nitrogens is 1. The van der Waals surface area contributed by atoms with Gasteiger partial charge in [0.2, 0.25) is 5.96 Å². The number of fused-ring (bicyclic) bond motifs is 1. The lowest BCUT2D eigenvalue weighted by Gasteiger charge is -2.27. The number of nitriles is 2. The maximum absolute atomic E-state index is 9.52. The lowest BCUT2D eigenvalue weighted by Crippen LogP contribution is -2.33. The van der Waals surface area contributed by atoms with Gasteiger partial charge < -0.3 is 21.5 Å². The molecule has 0 amide bonds. The van der Waals surface area contributed by atoms with Crippen molar-refractivity contribution in [3.8, 4) is 18.0 Å². The van der Waals surface area contributed by atoms with Crippen LogP contribution in [0.5, 0.6) is 5.75 Å². The van der Waals surface area contributed by atoms with Gasteiger partial charge in [0.1, 0.15) is 41.7 Å². The smallest absolute Gasteiger partial charge is 0.211 e. The number of anilines is 3. The molecule has 0 aliphatic carbocycles. The number of halogens is 2. The van der Waals surface area contributed by atoms with Crippen LogP contribution >= 0.6 is 27.5 Å². The number of hydrogen-bond donors (Lipinski definition) is 4. The van der Waals surface area contributed by atoms with Gasteiger partial charge in [-0.2, -0.15) is 10.5 Å². The van der Waals surface area contributed by atoms with Gasteiger partial charge in [-0.15, -0.1) is 0 Å². The SMILES string of the molecule is N#CNC1=NC(c2cc(Br)ccc2OCc2cccc(Cl)c2)c2c(nc(N)c(C#N)c2N)N1. The molecule has 33 heavy (non-hydrogen) atoms. The van der Waals surface area contributed by atoms with Crippen molar-refractivity contribution < 1.29 is 4.74 Å². The van der Waals surface area contributed by atoms with Crippen LogP contribution in [0, 0.1) is 22.8 Å². The van der Waals surface area contributed by atoms with E-state index in [1.807, 2.05) is 42.6 Å². The average Bonchev–Trinajstić information content (AvgIpc) is 2.78. The Morgan fingerprint density at radius 3 is 2.76 bits per heavy atom. The molecule has 1 atom stereocenters. The molecule has 6 N–H and O–H groups in total. The summed E-state index contributed by atoms with van der Waals surface area (Å²) in [6, 6.07) is 14.1. The first-order valence-electron chi connectivity index (χ1n) is 9.56. The second-order valence-corrected chi connectivity index (χ2v) is 8.35. The third kappa shape index (κ3) is 4.48. The summed E-state index contributed by atoms with van der Waals surface area (Å²) in [6.45, 7) is 0.263. The molecule has 1 aromatic heterocycles. The lowest BCUT2D eigenvalue weighted by molar-refractivity contribution is 0.302. The Morgan fingerprint density at radius 1 is 1.21 bits per heavy atom. The van der Waals surface area contributed by atoms with Crippen molar-refractivity contribution in [2.24, 2.45) is 4.99 Å². The molecule has 11 heteroatoms. The number of aliphatic imine (C=N–C) groups is 1. The molecule has 164 valence electrons. The van der Waals surface area contributed by atoms with Gasteiger partial charge in [0.25, 0.3) is 0 Å². The minimum absolute atomic E-state index is 0.0233. The largest absolute Gasteiger partial charge is 0.489 e. The summed E-state index contributed by atoms with van der Waals surface area (Å²) in [7, 11) is 0. The molecule has 0 spiro atoms. The monoisotopic (exact) mass is 522 g/mol. The molecule has 4 rings (SSSR count). The summed E-state index contributed by atoms with van der Waals surface area (Å²) in [5.41, 5.74) is 14.4. The van der Waals surface area contributed by atoms with Crippen molar-refractivity contribution in [2.75, 3.05) is 16.8 Å². The first kappa shape index (κ1) is 22.2. The van der Waals surface area contributed by atoms with Crippen LogP contribution in [0.15, 0.2) is 51.9 Å². The Balaban J connectivity index is 1.83. The average molecular weight is 524 g/mol. The summed E-state index contributed by atoms with van der Waals surface area (Å²) in [6.07, 6.45) is 1.83. The molecule has 1 aliphatic rings. The zero-order chi connectivity index (χ0) is 23.5. The van der Waals surface area contributed by atoms with Crippen molar-refractivity contribution in [3.63, 3.8) is 0 Å². The minimum atomic E-state index is -0.732. The molecule has 1 unspecified atom stereocenters. The highest BCUT2D eigenvalue weighted by Gasteiger charge is 2.31. The molecule has 2 aromatic carbocycles. The first-order valence-corrected chi connectivity index (χ1v) is 10.7. The zero-order valence-corrected chi connectivity index (χ0v) is 19.3. The van der Waals surface area contributed by atoms with Gasteiger partial charge in [0.15, 0.2) is 6.19 Å². The second-order valence-electron chi connectivity index (χ2n) is 7.00. The number of nitrogens with zero attached hydrogens (tertiary/aromatic N) is 4. The van der Waals surface area contributed by atoms with E-state index in [0.29, 0.717) is 27.7 Å². The van der Waals surface area contributed by atoms with E-state index in [1.54, 1.807) is 12.1 Å². The molecular weight excluding hydrogens is 508 g/mol. The van der Waals surface area contributed by atoms with E-state index in [4.69, 9.17) is 33.1 Å². The maximum atomic E-state index is 9.52. The van der Waals surface area contributed by atoms with Gasteiger partial charge in [-0.25, -0.2) is 9.98 Å². The number of rotatable bonds is 4. The Labute approximate surface area is 202 Å². The van der Waals surface area contributed by atoms with E-state index in [1.165, 1.54) is 0 Å². The Kier molecular flexibility index (Phi) is 6.22. The van der Waals surface area contributed by atoms with Crippen molar-refractivity contribution in [1.29, 1.82) is 10.5 Å². The van der Waals surface area contributed by atoms with E-state index in [-0.39, 0.29) is 29.6 Å². The number of hydrogen-bond acceptors (Lipinski definition) is 9. The van der Waals surface area contributed by atoms with Gasteiger partial charge in [0, 0.05) is 20.6 Å². The summed E-state index contributed by atoms with van der Waals surface area (Å²) in [5.74, 6) is 0.963. The third-order valence-electron chi connectivity index (χ3n) is 4.91. The molecule has 0 saturated carbocycles. The Morgan fingerprint density at radius 2 is 2.03 bits per heavy atom. The predicted molar refractivity (Wildman–Crippen MR) is 129 cm³/mol. The number of nitrogen functional groups attached to an aromatic ring is 2. The third-order valence-corrected chi connectivity index (χ3v) is 5.64. The van der Waals surface area contributed by atoms with Crippen molar-refractivity contribution in [2.45, 2.75) is 12.6 Å². The van der Waals surface area contributed by atoms with Crippen LogP contribution in [0.4, 0.5) is 17.3 Å². The number of ether oxygens (including phenoxy) is 1. The molecule has 1 aliphatic heterocycles. The van der Waals surface area contributed by atoms with Crippen molar-refractivity contribution in [3.05, 3.63) is 74.2 Å². The summed E-state index contributed by atoms with van der Waals surface area (Å²) < 4.78 is 6.89. The summed E-state index contributed by atoms with van der Waals surface area (Å²) >= 11 is 9.57. The number of nitrogens with two attached hydrogens (primary N) is 2. The molecule has 3 aromatic rings. The fourth-order valence-corrected chi connectivity index (χ4v) is 4.05. The number of pyridine rings is 1. The van der Waals surface area contributed by atoms with Gasteiger partial charge in [0.05, 0.1) is 5.69 Å². The van der Waals surface area contributed by atoms with E-state index in [0.717, 1.165) is 10.0 Å². The summed E-state index contributed by atoms with van der Waals surface area (Å²) in [4.78, 5) is 8.88. The van der Waals surface area contributed by atoms with Gasteiger partial charge in [-0.05, 0) is 35.9 Å². The van der Waals surface area contributed by atoms with Crippen molar-refractivity contribution in [1.82, 2.24) is 10.3 Å². The molecule has 0 saturated heterocycles. The minimum Gasteiger partial charge on any atom is -0.489 e. The van der Waals surface area contributed by atoms with Crippen LogP contribution < -0.4 is 26.8 Å². The Hall–Kier alpha value is -3.99. The van der Waals surface area contributed by atoms with Crippen molar-refractivity contribution >= 4 is 50.8 Å². The lowest BCUT2D eigenvalue weighted by atomic mass is 9.94. The van der Waals surface area contributed by atoms with Crippen LogP contribution in [0.3, 0.4) is 0 Å². The fraction of sp³-hybridized carbons (Fsp3) is 0.0909. The van der Waals surface area contributed by atoms with Gasteiger partial charge in [-0.1, -0.05) is 39.7 Å². The van der Waals surface area contributed by atoms with Crippen LogP contribution in [0.1, 0.15) is 28.3 Å². The standard InChI is InChI=1S/C22H16BrClN8O/c23-12-4-5-16(33-9-11-2-1-3-13(24)6-11)14(7-12)19-17-18(27)15(8-25)20(28)31-21(17)32-22(30-19)29-10-26/h1-7,19H,9H2,(H6,27,28,29,30,31,32). The predicted octanol–water partition coefficient (Wildman–Crippen LogP) is 4.05. The highest BCUT2D eigenvalue weighted by atomic mass is 79.9.